The number of halogens is 1. The van der Waals surface area contributed by atoms with Crippen molar-refractivity contribution in [2.24, 2.45) is 17.6 Å². The smallest absolute Gasteiger partial charge is 0.250 e. The van der Waals surface area contributed by atoms with Crippen molar-refractivity contribution in [1.29, 1.82) is 0 Å². The van der Waals surface area contributed by atoms with E-state index >= 15 is 0 Å². The second kappa shape index (κ2) is 7.15. The lowest BCUT2D eigenvalue weighted by molar-refractivity contribution is -0.143. The first-order chi connectivity index (χ1) is 15.3. The van der Waals surface area contributed by atoms with Crippen LogP contribution in [0.3, 0.4) is 0 Å². The molecule has 4 atom stereocenters. The van der Waals surface area contributed by atoms with Gasteiger partial charge in [0.2, 0.25) is 23.6 Å². The first-order valence-electron chi connectivity index (χ1n) is 10.3. The molecule has 2 aromatic rings. The van der Waals surface area contributed by atoms with Crippen LogP contribution in [0.2, 0.25) is 5.02 Å². The molecule has 0 aromatic heterocycles. The van der Waals surface area contributed by atoms with Crippen LogP contribution in [0.5, 0.6) is 0 Å². The predicted molar refractivity (Wildman–Crippen MR) is 116 cm³/mol. The van der Waals surface area contributed by atoms with Crippen molar-refractivity contribution in [3.05, 3.63) is 64.2 Å². The number of carbonyl (C=O) groups is 4. The minimum Gasteiger partial charge on any atom is -0.370 e. The summed E-state index contributed by atoms with van der Waals surface area (Å²) in [5, 5.41) is 6.49. The Balaban J connectivity index is 1.63. The number of hydrogen-bond donors (Lipinski definition) is 3. The first kappa shape index (κ1) is 20.7. The minimum atomic E-state index is -1.48. The summed E-state index contributed by atoms with van der Waals surface area (Å²) in [4.78, 5) is 53.5. The van der Waals surface area contributed by atoms with Crippen molar-refractivity contribution in [1.82, 2.24) is 10.2 Å². The number of nitrogens with zero attached hydrogens (tertiary/aromatic N) is 1. The van der Waals surface area contributed by atoms with E-state index in [0.29, 0.717) is 21.8 Å². The van der Waals surface area contributed by atoms with Gasteiger partial charge in [0, 0.05) is 23.0 Å². The van der Waals surface area contributed by atoms with Crippen LogP contribution in [-0.4, -0.2) is 34.6 Å². The maximum Gasteiger partial charge on any atom is 0.250 e. The summed E-state index contributed by atoms with van der Waals surface area (Å²) in [5.74, 6) is -3.80. The molecule has 0 radical (unpaired) electrons. The highest BCUT2D eigenvalue weighted by molar-refractivity contribution is 6.32. The van der Waals surface area contributed by atoms with Gasteiger partial charge in [-0.3, -0.25) is 29.4 Å². The molecule has 0 unspecified atom stereocenters. The fourth-order valence-corrected chi connectivity index (χ4v) is 5.52. The van der Waals surface area contributed by atoms with Crippen LogP contribution in [0, 0.1) is 18.8 Å². The van der Waals surface area contributed by atoms with Gasteiger partial charge in [0.05, 0.1) is 24.1 Å². The second-order valence-corrected chi connectivity index (χ2v) is 8.94. The molecule has 0 bridgehead atoms. The van der Waals surface area contributed by atoms with Gasteiger partial charge in [-0.05, 0) is 24.1 Å². The number of primary amides is 1. The minimum absolute atomic E-state index is 0.0962. The highest BCUT2D eigenvalue weighted by Crippen LogP contribution is 2.54. The van der Waals surface area contributed by atoms with Crippen LogP contribution in [0.15, 0.2) is 42.5 Å². The van der Waals surface area contributed by atoms with Crippen LogP contribution in [0.25, 0.3) is 0 Å². The molecule has 0 saturated carbocycles. The molecule has 4 N–H and O–H groups in total. The van der Waals surface area contributed by atoms with E-state index in [-0.39, 0.29) is 13.0 Å². The molecule has 3 aliphatic rings. The summed E-state index contributed by atoms with van der Waals surface area (Å²) in [6.07, 6.45) is -0.170. The molecule has 2 fully saturated rings. The van der Waals surface area contributed by atoms with Gasteiger partial charge in [0.15, 0.2) is 0 Å². The van der Waals surface area contributed by atoms with Crippen molar-refractivity contribution in [2.75, 3.05) is 5.32 Å². The van der Waals surface area contributed by atoms with Gasteiger partial charge >= 0.3 is 0 Å². The van der Waals surface area contributed by atoms with E-state index < -0.39 is 47.0 Å². The third-order valence-corrected chi connectivity index (χ3v) is 7.19. The monoisotopic (exact) mass is 452 g/mol. The Morgan fingerprint density at radius 1 is 1.12 bits per heavy atom. The Morgan fingerprint density at radius 3 is 2.53 bits per heavy atom. The fourth-order valence-electron chi connectivity index (χ4n) is 5.36. The number of benzene rings is 2. The number of anilines is 1. The molecule has 4 amide bonds. The number of rotatable bonds is 4. The Morgan fingerprint density at radius 2 is 1.84 bits per heavy atom. The molecule has 8 nitrogen and oxygen atoms in total. The van der Waals surface area contributed by atoms with E-state index in [1.807, 2.05) is 30.3 Å². The van der Waals surface area contributed by atoms with Gasteiger partial charge in [0.25, 0.3) is 0 Å². The average molecular weight is 453 g/mol. The SMILES string of the molecule is Cc1c(Cl)ccc2c1NC(=O)[C@@]21N[C@H](CC(N)=O)[C@H]2C(=O)N(Cc3ccccc3)C(=O)[C@H]21. The van der Waals surface area contributed by atoms with Crippen molar-refractivity contribution in [3.8, 4) is 0 Å². The summed E-state index contributed by atoms with van der Waals surface area (Å²) < 4.78 is 0. The summed E-state index contributed by atoms with van der Waals surface area (Å²) in [6, 6.07) is 11.8. The summed E-state index contributed by atoms with van der Waals surface area (Å²) in [7, 11) is 0. The normalized spacial score (nSPS) is 28.2. The molecule has 9 heteroatoms. The lowest BCUT2D eigenvalue weighted by atomic mass is 9.76. The van der Waals surface area contributed by atoms with Gasteiger partial charge in [-0.25, -0.2) is 0 Å². The topological polar surface area (TPSA) is 122 Å². The van der Waals surface area contributed by atoms with E-state index in [9.17, 15) is 19.2 Å². The van der Waals surface area contributed by atoms with E-state index in [1.54, 1.807) is 19.1 Å². The fraction of sp³-hybridized carbons (Fsp3) is 0.304. The number of nitrogens with one attached hydrogen (secondary N) is 2. The van der Waals surface area contributed by atoms with Gasteiger partial charge < -0.3 is 11.1 Å². The van der Waals surface area contributed by atoms with Gasteiger partial charge in [-0.15, -0.1) is 0 Å². The quantitative estimate of drug-likeness (QED) is 0.606. The van der Waals surface area contributed by atoms with E-state index in [2.05, 4.69) is 10.6 Å². The van der Waals surface area contributed by atoms with Gasteiger partial charge in [-0.1, -0.05) is 48.0 Å². The largest absolute Gasteiger partial charge is 0.370 e. The maximum atomic E-state index is 13.6. The zero-order chi connectivity index (χ0) is 22.8. The average Bonchev–Trinajstić information content (AvgIpc) is 3.32. The van der Waals surface area contributed by atoms with Crippen molar-refractivity contribution in [3.63, 3.8) is 0 Å². The number of imide groups is 1. The number of likely N-dealkylation sites (tertiary alicyclic amines) is 1. The van der Waals surface area contributed by atoms with Crippen LogP contribution in [-0.2, 0) is 31.3 Å². The Kier molecular flexibility index (Phi) is 4.61. The molecule has 32 heavy (non-hydrogen) atoms. The molecular weight excluding hydrogens is 432 g/mol. The van der Waals surface area contributed by atoms with Crippen LogP contribution in [0.4, 0.5) is 5.69 Å². The van der Waals surface area contributed by atoms with E-state index in [1.165, 1.54) is 4.90 Å². The van der Waals surface area contributed by atoms with Gasteiger partial charge in [0.1, 0.15) is 5.54 Å². The van der Waals surface area contributed by atoms with Crippen LogP contribution < -0.4 is 16.4 Å². The molecule has 2 saturated heterocycles. The highest BCUT2D eigenvalue weighted by atomic mass is 35.5. The molecule has 5 rings (SSSR count). The third-order valence-electron chi connectivity index (χ3n) is 6.78. The van der Waals surface area contributed by atoms with Crippen molar-refractivity contribution >= 4 is 40.9 Å². The van der Waals surface area contributed by atoms with Crippen LogP contribution >= 0.6 is 11.6 Å². The first-order valence-corrected chi connectivity index (χ1v) is 10.7. The zero-order valence-corrected chi connectivity index (χ0v) is 18.0. The Labute approximate surface area is 189 Å². The Hall–Kier alpha value is -3.23. The summed E-state index contributed by atoms with van der Waals surface area (Å²) in [6.45, 7) is 1.87. The Bertz CT molecular complexity index is 1180. The molecule has 1 spiro atoms. The molecule has 2 aromatic carbocycles. The number of nitrogens with two attached hydrogens (primary N) is 1. The summed E-state index contributed by atoms with van der Waals surface area (Å²) in [5.41, 5.74) is 6.51. The highest BCUT2D eigenvalue weighted by Gasteiger charge is 2.70. The molecule has 3 heterocycles. The van der Waals surface area contributed by atoms with Crippen molar-refractivity contribution < 1.29 is 19.2 Å². The van der Waals surface area contributed by atoms with Crippen LogP contribution in [0.1, 0.15) is 23.1 Å². The molecule has 3 aliphatic heterocycles. The lowest BCUT2D eigenvalue weighted by Crippen LogP contribution is -2.53. The summed E-state index contributed by atoms with van der Waals surface area (Å²) >= 11 is 6.25. The number of amides is 4. The maximum absolute atomic E-state index is 13.6. The van der Waals surface area contributed by atoms with Crippen molar-refractivity contribution in [2.45, 2.75) is 31.5 Å². The van der Waals surface area contributed by atoms with Gasteiger partial charge in [-0.2, -0.15) is 0 Å². The predicted octanol–water partition coefficient (Wildman–Crippen LogP) is 1.44. The standard InChI is InChI=1S/C23H21ClN4O4/c1-11-14(24)8-7-13-19(11)26-22(32)23(13)18-17(15(27-23)9-16(25)29)20(30)28(21(18)31)10-12-5-3-2-4-6-12/h2-8,15,17-18,27H,9-10H2,1H3,(H2,25,29)(H,26,32)/t15-,17-,18+,23-/m1/s1. The number of fused-ring (bicyclic) bond motifs is 4. The zero-order valence-electron chi connectivity index (χ0n) is 17.2. The van der Waals surface area contributed by atoms with E-state index in [0.717, 1.165) is 5.56 Å². The molecule has 0 aliphatic carbocycles. The number of hydrogen-bond acceptors (Lipinski definition) is 5. The second-order valence-electron chi connectivity index (χ2n) is 8.53. The number of carbonyl (C=O) groups excluding carboxylic acids is 4. The molecule has 164 valence electrons. The molecular formula is C23H21ClN4O4. The van der Waals surface area contributed by atoms with E-state index in [4.69, 9.17) is 17.3 Å². The lowest BCUT2D eigenvalue weighted by Gasteiger charge is -2.29. The third kappa shape index (κ3) is 2.73.